The molecule has 1 unspecified atom stereocenters. The highest BCUT2D eigenvalue weighted by Crippen LogP contribution is 2.17. The molecule has 6 heteroatoms. The molecule has 1 fully saturated rings. The van der Waals surface area contributed by atoms with Crippen molar-refractivity contribution in [3.63, 3.8) is 0 Å². The van der Waals surface area contributed by atoms with E-state index >= 15 is 0 Å². The molecule has 1 aromatic carbocycles. The summed E-state index contributed by atoms with van der Waals surface area (Å²) in [6.45, 7) is 0. The van der Waals surface area contributed by atoms with E-state index in [1.807, 2.05) is 0 Å². The standard InChI is InChI=1S/C11H12N2O3S/c14-10(9-5-17-6-12-9)13-8-4-2-1-3-7(8)11(15)16/h1-4,9,12H,5-6H2,(H,13,14)(H,15,16). The van der Waals surface area contributed by atoms with Crippen molar-refractivity contribution >= 4 is 29.3 Å². The van der Waals surface area contributed by atoms with Gasteiger partial charge in [0, 0.05) is 11.6 Å². The zero-order valence-electron chi connectivity index (χ0n) is 8.97. The number of anilines is 1. The summed E-state index contributed by atoms with van der Waals surface area (Å²) < 4.78 is 0. The van der Waals surface area contributed by atoms with E-state index in [-0.39, 0.29) is 17.5 Å². The normalized spacial score (nSPS) is 18.9. The van der Waals surface area contributed by atoms with Crippen molar-refractivity contribution < 1.29 is 14.7 Å². The molecule has 1 aliphatic heterocycles. The van der Waals surface area contributed by atoms with Gasteiger partial charge < -0.3 is 10.4 Å². The van der Waals surface area contributed by atoms with Crippen LogP contribution in [0, 0.1) is 0 Å². The van der Waals surface area contributed by atoms with E-state index in [1.165, 1.54) is 6.07 Å². The molecule has 0 aromatic heterocycles. The maximum atomic E-state index is 11.8. The van der Waals surface area contributed by atoms with Crippen LogP contribution in [0.3, 0.4) is 0 Å². The van der Waals surface area contributed by atoms with E-state index in [1.54, 1.807) is 30.0 Å². The van der Waals surface area contributed by atoms with Gasteiger partial charge in [-0.15, -0.1) is 11.8 Å². The van der Waals surface area contributed by atoms with E-state index in [0.29, 0.717) is 11.4 Å². The van der Waals surface area contributed by atoms with Gasteiger partial charge in [0.25, 0.3) is 0 Å². The molecule has 1 amide bonds. The minimum atomic E-state index is -1.05. The minimum Gasteiger partial charge on any atom is -0.478 e. The second-order valence-corrected chi connectivity index (χ2v) is 4.64. The largest absolute Gasteiger partial charge is 0.478 e. The first kappa shape index (κ1) is 11.9. The average Bonchev–Trinajstić information content (AvgIpc) is 2.83. The average molecular weight is 252 g/mol. The number of nitrogens with one attached hydrogen (secondary N) is 2. The number of rotatable bonds is 3. The van der Waals surface area contributed by atoms with Crippen LogP contribution in [-0.2, 0) is 4.79 Å². The third-order valence-corrected chi connectivity index (χ3v) is 3.39. The van der Waals surface area contributed by atoms with Gasteiger partial charge >= 0.3 is 5.97 Å². The van der Waals surface area contributed by atoms with Crippen molar-refractivity contribution in [1.29, 1.82) is 0 Å². The lowest BCUT2D eigenvalue weighted by molar-refractivity contribution is -0.117. The zero-order chi connectivity index (χ0) is 12.3. The number of benzene rings is 1. The van der Waals surface area contributed by atoms with E-state index in [4.69, 9.17) is 5.11 Å². The van der Waals surface area contributed by atoms with Crippen LogP contribution in [0.25, 0.3) is 0 Å². The van der Waals surface area contributed by atoms with Crippen molar-refractivity contribution in [3.05, 3.63) is 29.8 Å². The number of aromatic carboxylic acids is 1. The first-order valence-corrected chi connectivity index (χ1v) is 6.28. The Labute approximate surface area is 103 Å². The first-order chi connectivity index (χ1) is 8.18. The predicted octanol–water partition coefficient (Wildman–Crippen LogP) is 0.986. The second-order valence-electron chi connectivity index (χ2n) is 3.61. The Kier molecular flexibility index (Phi) is 3.65. The number of carboxylic acids is 1. The lowest BCUT2D eigenvalue weighted by Gasteiger charge is -2.12. The Balaban J connectivity index is 2.12. The zero-order valence-corrected chi connectivity index (χ0v) is 9.79. The van der Waals surface area contributed by atoms with Gasteiger partial charge in [-0.1, -0.05) is 12.1 Å². The summed E-state index contributed by atoms with van der Waals surface area (Å²) >= 11 is 1.64. The molecule has 0 aliphatic carbocycles. The third-order valence-electron chi connectivity index (χ3n) is 2.45. The predicted molar refractivity (Wildman–Crippen MR) is 66.3 cm³/mol. The summed E-state index contributed by atoms with van der Waals surface area (Å²) in [6.07, 6.45) is 0. The van der Waals surface area contributed by atoms with Gasteiger partial charge in [-0.3, -0.25) is 10.1 Å². The SMILES string of the molecule is O=C(O)c1ccccc1NC(=O)C1CSCN1. The van der Waals surface area contributed by atoms with E-state index < -0.39 is 5.97 Å². The van der Waals surface area contributed by atoms with Crippen LogP contribution in [-0.4, -0.2) is 34.7 Å². The highest BCUT2D eigenvalue weighted by atomic mass is 32.2. The van der Waals surface area contributed by atoms with Gasteiger partial charge in [-0.05, 0) is 12.1 Å². The molecule has 0 saturated carbocycles. The summed E-state index contributed by atoms with van der Waals surface area (Å²) in [7, 11) is 0. The Bertz CT molecular complexity index is 444. The van der Waals surface area contributed by atoms with Crippen LogP contribution in [0.4, 0.5) is 5.69 Å². The number of para-hydroxylation sites is 1. The molecule has 1 heterocycles. The van der Waals surface area contributed by atoms with Gasteiger partial charge in [0.05, 0.1) is 17.3 Å². The van der Waals surface area contributed by atoms with Gasteiger partial charge in [0.2, 0.25) is 5.91 Å². The molecule has 1 saturated heterocycles. The number of hydrogen-bond acceptors (Lipinski definition) is 4. The molecule has 1 atom stereocenters. The fraction of sp³-hybridized carbons (Fsp3) is 0.273. The van der Waals surface area contributed by atoms with Crippen LogP contribution >= 0.6 is 11.8 Å². The second kappa shape index (κ2) is 5.20. The van der Waals surface area contributed by atoms with E-state index in [2.05, 4.69) is 10.6 Å². The first-order valence-electron chi connectivity index (χ1n) is 5.13. The smallest absolute Gasteiger partial charge is 0.337 e. The van der Waals surface area contributed by atoms with E-state index in [9.17, 15) is 9.59 Å². The van der Waals surface area contributed by atoms with Crippen molar-refractivity contribution in [2.75, 3.05) is 16.9 Å². The van der Waals surface area contributed by atoms with Gasteiger partial charge in [-0.2, -0.15) is 0 Å². The molecule has 3 N–H and O–H groups in total. The molecule has 0 radical (unpaired) electrons. The van der Waals surface area contributed by atoms with Crippen LogP contribution in [0.1, 0.15) is 10.4 Å². The van der Waals surface area contributed by atoms with Crippen LogP contribution < -0.4 is 10.6 Å². The molecule has 0 spiro atoms. The molecule has 1 aliphatic rings. The molecule has 1 aromatic rings. The molecule has 90 valence electrons. The Morgan fingerprint density at radius 1 is 1.41 bits per heavy atom. The van der Waals surface area contributed by atoms with Crippen LogP contribution in [0.15, 0.2) is 24.3 Å². The number of carboxylic acid groups (broad SMARTS) is 1. The summed E-state index contributed by atoms with van der Waals surface area (Å²) in [5.74, 6) is 0.220. The van der Waals surface area contributed by atoms with Crippen molar-refractivity contribution in [2.24, 2.45) is 0 Å². The van der Waals surface area contributed by atoms with Gasteiger partial charge in [-0.25, -0.2) is 4.79 Å². The fourth-order valence-electron chi connectivity index (χ4n) is 1.56. The Hall–Kier alpha value is -1.53. The van der Waals surface area contributed by atoms with E-state index in [0.717, 1.165) is 5.88 Å². The summed E-state index contributed by atoms with van der Waals surface area (Å²) in [5.41, 5.74) is 0.440. The molecule has 17 heavy (non-hydrogen) atoms. The Morgan fingerprint density at radius 2 is 2.18 bits per heavy atom. The van der Waals surface area contributed by atoms with Crippen LogP contribution in [0.5, 0.6) is 0 Å². The maximum Gasteiger partial charge on any atom is 0.337 e. The molecular weight excluding hydrogens is 240 g/mol. The highest BCUT2D eigenvalue weighted by molar-refractivity contribution is 7.99. The number of amides is 1. The van der Waals surface area contributed by atoms with Crippen LogP contribution in [0.2, 0.25) is 0 Å². The lowest BCUT2D eigenvalue weighted by atomic mass is 10.1. The number of hydrogen-bond donors (Lipinski definition) is 3. The van der Waals surface area contributed by atoms with Crippen molar-refractivity contribution in [1.82, 2.24) is 5.32 Å². The van der Waals surface area contributed by atoms with Gasteiger partial charge in [0.15, 0.2) is 0 Å². The van der Waals surface area contributed by atoms with Crippen molar-refractivity contribution in [3.8, 4) is 0 Å². The van der Waals surface area contributed by atoms with Gasteiger partial charge in [0.1, 0.15) is 0 Å². The third kappa shape index (κ3) is 2.78. The molecular formula is C11H12N2O3S. The van der Waals surface area contributed by atoms with Crippen molar-refractivity contribution in [2.45, 2.75) is 6.04 Å². The quantitative estimate of drug-likeness (QED) is 0.747. The lowest BCUT2D eigenvalue weighted by Crippen LogP contribution is -2.37. The molecule has 2 rings (SSSR count). The summed E-state index contributed by atoms with van der Waals surface area (Å²) in [5, 5.41) is 14.6. The molecule has 5 nitrogen and oxygen atoms in total. The number of thioether (sulfide) groups is 1. The maximum absolute atomic E-state index is 11.8. The minimum absolute atomic E-state index is 0.103. The monoisotopic (exact) mass is 252 g/mol. The fourth-order valence-corrected chi connectivity index (χ4v) is 2.50. The summed E-state index contributed by atoms with van der Waals surface area (Å²) in [4.78, 5) is 22.8. The highest BCUT2D eigenvalue weighted by Gasteiger charge is 2.23. The topological polar surface area (TPSA) is 78.4 Å². The molecule has 0 bridgehead atoms. The summed E-state index contributed by atoms with van der Waals surface area (Å²) in [6, 6.07) is 6.13. The Morgan fingerprint density at radius 3 is 2.82 bits per heavy atom. The number of carbonyl (C=O) groups excluding carboxylic acids is 1. The number of carbonyl (C=O) groups is 2.